The van der Waals surface area contributed by atoms with Crippen molar-refractivity contribution in [3.63, 3.8) is 0 Å². The summed E-state index contributed by atoms with van der Waals surface area (Å²) in [7, 11) is 0. The predicted molar refractivity (Wildman–Crippen MR) is 137 cm³/mol. The zero-order valence-electron chi connectivity index (χ0n) is 22.7. The van der Waals surface area contributed by atoms with Crippen molar-refractivity contribution >= 4 is 23.9 Å². The Labute approximate surface area is 218 Å². The van der Waals surface area contributed by atoms with Crippen molar-refractivity contribution in [2.75, 3.05) is 26.4 Å². The Bertz CT molecular complexity index is 939. The Kier molecular flexibility index (Phi) is 17.4. The molecular formula is C27H38N2O8. The number of hydrogen-bond acceptors (Lipinski definition) is 10. The molecule has 0 bridgehead atoms. The fourth-order valence-corrected chi connectivity index (χ4v) is 2.68. The van der Waals surface area contributed by atoms with Crippen LogP contribution in [0.25, 0.3) is 0 Å². The van der Waals surface area contributed by atoms with Gasteiger partial charge in [0, 0.05) is 18.1 Å². The largest absolute Gasteiger partial charge is 0.466 e. The third kappa shape index (κ3) is 13.7. The van der Waals surface area contributed by atoms with Gasteiger partial charge in [-0.15, -0.1) is 0 Å². The highest BCUT2D eigenvalue weighted by Gasteiger charge is 2.33. The average Bonchev–Trinajstić information content (AvgIpc) is 2.84. The van der Waals surface area contributed by atoms with E-state index in [2.05, 4.69) is 32.4 Å². The molecule has 2 rings (SSSR count). The summed E-state index contributed by atoms with van der Waals surface area (Å²) >= 11 is 0. The maximum absolute atomic E-state index is 11.8. The lowest BCUT2D eigenvalue weighted by Crippen LogP contribution is -2.27. The molecule has 0 N–H and O–H groups in total. The second kappa shape index (κ2) is 19.4. The minimum absolute atomic E-state index is 0.209. The topological polar surface area (TPSA) is 131 Å². The minimum atomic E-state index is -1.11. The molecular weight excluding hydrogens is 480 g/mol. The number of aryl methyl sites for hydroxylation is 3. The van der Waals surface area contributed by atoms with E-state index < -0.39 is 29.8 Å². The summed E-state index contributed by atoms with van der Waals surface area (Å²) in [5, 5.41) is 0. The van der Waals surface area contributed by atoms with Crippen molar-refractivity contribution < 1.29 is 38.1 Å². The summed E-state index contributed by atoms with van der Waals surface area (Å²) in [5.41, 5.74) is 3.51. The van der Waals surface area contributed by atoms with Gasteiger partial charge in [0.25, 0.3) is 0 Å². The normalized spacial score (nSPS) is 9.62. The number of pyridine rings is 2. The summed E-state index contributed by atoms with van der Waals surface area (Å²) in [6.45, 7) is 13.6. The number of ether oxygens (including phenoxy) is 4. The molecule has 0 unspecified atom stereocenters. The van der Waals surface area contributed by atoms with Crippen molar-refractivity contribution in [1.29, 1.82) is 0 Å². The van der Waals surface area contributed by atoms with Gasteiger partial charge >= 0.3 is 23.9 Å². The molecule has 0 spiro atoms. The molecule has 0 atom stereocenters. The van der Waals surface area contributed by atoms with Crippen LogP contribution < -0.4 is 0 Å². The van der Waals surface area contributed by atoms with E-state index in [9.17, 15) is 19.2 Å². The van der Waals surface area contributed by atoms with Gasteiger partial charge in [0.05, 0.1) is 32.1 Å². The van der Waals surface area contributed by atoms with Gasteiger partial charge in [0.1, 0.15) is 6.42 Å². The van der Waals surface area contributed by atoms with Crippen LogP contribution in [-0.4, -0.2) is 60.3 Å². The Morgan fingerprint density at radius 3 is 1.46 bits per heavy atom. The highest BCUT2D eigenvalue weighted by Crippen LogP contribution is 2.20. The number of rotatable bonds is 9. The molecule has 0 amide bonds. The van der Waals surface area contributed by atoms with E-state index in [0.29, 0.717) is 5.69 Å². The van der Waals surface area contributed by atoms with Gasteiger partial charge in [-0.25, -0.2) is 0 Å². The maximum Gasteiger partial charge on any atom is 0.326 e. The highest BCUT2D eigenvalue weighted by molar-refractivity contribution is 6.00. The van der Waals surface area contributed by atoms with Gasteiger partial charge in [-0.05, 0) is 71.7 Å². The molecule has 0 aliphatic heterocycles. The van der Waals surface area contributed by atoms with Crippen LogP contribution in [-0.2, 0) is 38.1 Å². The predicted octanol–water partition coefficient (Wildman–Crippen LogP) is 3.80. The molecule has 2 aromatic rings. The zero-order valence-corrected chi connectivity index (χ0v) is 22.7. The SMILES string of the molecule is CCOC(=O)C(C(=O)OCC)c1ncccc1C.CCOC(=O)CC(=O)OCC.Cc1cccnc1C. The van der Waals surface area contributed by atoms with Gasteiger partial charge in [-0.1, -0.05) is 12.1 Å². The van der Waals surface area contributed by atoms with Crippen LogP contribution in [0.2, 0.25) is 0 Å². The van der Waals surface area contributed by atoms with E-state index in [4.69, 9.17) is 9.47 Å². The van der Waals surface area contributed by atoms with Crippen molar-refractivity contribution in [3.8, 4) is 0 Å². The zero-order chi connectivity index (χ0) is 28.2. The van der Waals surface area contributed by atoms with Crippen molar-refractivity contribution in [1.82, 2.24) is 9.97 Å². The summed E-state index contributed by atoms with van der Waals surface area (Å²) in [6.07, 6.45) is 3.05. The molecule has 0 saturated heterocycles. The van der Waals surface area contributed by atoms with E-state index >= 15 is 0 Å². The van der Waals surface area contributed by atoms with Crippen LogP contribution >= 0.6 is 0 Å². The van der Waals surface area contributed by atoms with E-state index in [0.717, 1.165) is 11.3 Å². The van der Waals surface area contributed by atoms with Crippen molar-refractivity contribution in [3.05, 3.63) is 59.2 Å². The van der Waals surface area contributed by atoms with Gasteiger partial charge in [-0.3, -0.25) is 29.1 Å². The first-order valence-corrected chi connectivity index (χ1v) is 12.1. The molecule has 0 saturated carbocycles. The van der Waals surface area contributed by atoms with E-state index in [1.165, 1.54) is 11.8 Å². The van der Waals surface area contributed by atoms with Crippen molar-refractivity contribution in [2.45, 2.75) is 60.8 Å². The molecule has 0 aliphatic carbocycles. The highest BCUT2D eigenvalue weighted by atomic mass is 16.6. The first-order valence-electron chi connectivity index (χ1n) is 12.1. The van der Waals surface area contributed by atoms with Gasteiger partial charge in [-0.2, -0.15) is 0 Å². The molecule has 0 fully saturated rings. The summed E-state index contributed by atoms with van der Waals surface area (Å²) in [6, 6.07) is 7.53. The molecule has 204 valence electrons. The second-order valence-corrected chi connectivity index (χ2v) is 7.34. The van der Waals surface area contributed by atoms with E-state index in [1.807, 2.05) is 19.2 Å². The summed E-state index contributed by atoms with van der Waals surface area (Å²) in [4.78, 5) is 53.1. The molecule has 0 aromatic carbocycles. The van der Waals surface area contributed by atoms with E-state index in [1.54, 1.807) is 46.8 Å². The van der Waals surface area contributed by atoms with Crippen LogP contribution in [0.3, 0.4) is 0 Å². The number of carbonyl (C=O) groups is 4. The molecule has 37 heavy (non-hydrogen) atoms. The molecule has 2 aromatic heterocycles. The number of nitrogens with zero attached hydrogens (tertiary/aromatic N) is 2. The minimum Gasteiger partial charge on any atom is -0.466 e. The third-order valence-corrected chi connectivity index (χ3v) is 4.54. The molecule has 2 heterocycles. The molecule has 10 nitrogen and oxygen atoms in total. The first kappa shape index (κ1) is 33.2. The Morgan fingerprint density at radius 2 is 1.11 bits per heavy atom. The van der Waals surface area contributed by atoms with Crippen LogP contribution in [0.4, 0.5) is 0 Å². The summed E-state index contributed by atoms with van der Waals surface area (Å²) < 4.78 is 18.8. The number of carbonyl (C=O) groups excluding carboxylic acids is 4. The van der Waals surface area contributed by atoms with E-state index in [-0.39, 0.29) is 32.8 Å². The van der Waals surface area contributed by atoms with Gasteiger partial charge in [0.2, 0.25) is 0 Å². The van der Waals surface area contributed by atoms with Crippen LogP contribution in [0.5, 0.6) is 0 Å². The average molecular weight is 519 g/mol. The smallest absolute Gasteiger partial charge is 0.326 e. The molecule has 0 aliphatic rings. The second-order valence-electron chi connectivity index (χ2n) is 7.34. The number of hydrogen-bond donors (Lipinski definition) is 0. The number of aromatic nitrogens is 2. The fraction of sp³-hybridized carbons (Fsp3) is 0.481. The lowest BCUT2D eigenvalue weighted by atomic mass is 10.0. The maximum atomic E-state index is 11.8. The molecule has 0 radical (unpaired) electrons. The van der Waals surface area contributed by atoms with Crippen LogP contribution in [0, 0.1) is 20.8 Å². The molecule has 10 heteroatoms. The quantitative estimate of drug-likeness (QED) is 0.274. The van der Waals surface area contributed by atoms with Crippen molar-refractivity contribution in [2.24, 2.45) is 0 Å². The van der Waals surface area contributed by atoms with Gasteiger partial charge in [0.15, 0.2) is 5.92 Å². The lowest BCUT2D eigenvalue weighted by molar-refractivity contribution is -0.158. The Morgan fingerprint density at radius 1 is 0.676 bits per heavy atom. The monoisotopic (exact) mass is 518 g/mol. The first-order chi connectivity index (χ1) is 17.6. The van der Waals surface area contributed by atoms with Crippen LogP contribution in [0.1, 0.15) is 62.5 Å². The fourth-order valence-electron chi connectivity index (χ4n) is 2.68. The van der Waals surface area contributed by atoms with Gasteiger partial charge < -0.3 is 18.9 Å². The third-order valence-electron chi connectivity index (χ3n) is 4.54. The standard InChI is InChI=1S/C13H17NO4.C7H9N.C7H12O4/c1-4-17-12(15)10(13(16)18-5-2)11-9(3)7-6-8-14-11;1-6-4-3-5-8-7(6)2;1-3-10-6(8)5-7(9)11-4-2/h6-8,10H,4-5H2,1-3H3;3-5H,1-2H3;3-5H2,1-2H3. The van der Waals surface area contributed by atoms with Crippen LogP contribution in [0.15, 0.2) is 36.7 Å². The number of esters is 4. The Balaban J connectivity index is 0.000000579. The lowest BCUT2D eigenvalue weighted by Gasteiger charge is -2.15. The Hall–Kier alpha value is -3.82. The summed E-state index contributed by atoms with van der Waals surface area (Å²) in [5.74, 6) is -3.43.